The Morgan fingerprint density at radius 3 is 2.50 bits per heavy atom. The van der Waals surface area contributed by atoms with Gasteiger partial charge in [0.2, 0.25) is 5.95 Å². The minimum Gasteiger partial charge on any atom is -0.310 e. The summed E-state index contributed by atoms with van der Waals surface area (Å²) >= 11 is 0. The van der Waals surface area contributed by atoms with E-state index in [1.54, 1.807) is 0 Å². The fraction of sp³-hybridized carbons (Fsp3) is 0.222. The van der Waals surface area contributed by atoms with Gasteiger partial charge in [-0.2, -0.15) is 0 Å². The number of nitrogens with zero attached hydrogens (tertiary/aromatic N) is 2. The highest BCUT2D eigenvalue weighted by atomic mass is 16.1. The molecule has 1 N–H and O–H groups in total. The van der Waals surface area contributed by atoms with Crippen molar-refractivity contribution in [1.29, 1.82) is 0 Å². The summed E-state index contributed by atoms with van der Waals surface area (Å²) in [4.78, 5) is 17.0. The van der Waals surface area contributed by atoms with E-state index in [0.29, 0.717) is 11.5 Å². The molecule has 2 aromatic carbocycles. The Balaban J connectivity index is 1.97. The van der Waals surface area contributed by atoms with Gasteiger partial charge in [-0.05, 0) is 45.0 Å². The number of benzene rings is 2. The van der Waals surface area contributed by atoms with Crippen LogP contribution >= 0.6 is 0 Å². The summed E-state index contributed by atoms with van der Waals surface area (Å²) in [5, 5.41) is 2.93. The zero-order valence-electron chi connectivity index (χ0n) is 13.1. The lowest BCUT2D eigenvalue weighted by molar-refractivity contribution is 0.102. The molecule has 1 heterocycles. The van der Waals surface area contributed by atoms with E-state index in [2.05, 4.69) is 16.4 Å². The number of nitrogens with one attached hydrogen (secondary N) is 1. The maximum atomic E-state index is 12.5. The summed E-state index contributed by atoms with van der Waals surface area (Å²) in [5.74, 6) is 0.463. The SMILES string of the molecule is CCn1c(NC(=O)c2cc(C)cc(C)c2)nc2ccccc21. The summed E-state index contributed by atoms with van der Waals surface area (Å²) in [6, 6.07) is 13.7. The number of fused-ring (bicyclic) bond motifs is 1. The van der Waals surface area contributed by atoms with Gasteiger partial charge in [0.05, 0.1) is 11.0 Å². The lowest BCUT2D eigenvalue weighted by Crippen LogP contribution is -2.16. The topological polar surface area (TPSA) is 46.9 Å². The highest BCUT2D eigenvalue weighted by molar-refractivity contribution is 6.04. The Morgan fingerprint density at radius 2 is 1.82 bits per heavy atom. The van der Waals surface area contributed by atoms with E-state index in [0.717, 1.165) is 28.7 Å². The summed E-state index contributed by atoms with van der Waals surface area (Å²) in [6.45, 7) is 6.78. The lowest BCUT2D eigenvalue weighted by Gasteiger charge is -2.08. The number of aryl methyl sites for hydroxylation is 3. The maximum absolute atomic E-state index is 12.5. The van der Waals surface area contributed by atoms with Crippen LogP contribution in [0.1, 0.15) is 28.4 Å². The zero-order chi connectivity index (χ0) is 15.7. The molecule has 22 heavy (non-hydrogen) atoms. The Bertz CT molecular complexity index is 828. The van der Waals surface area contributed by atoms with E-state index in [9.17, 15) is 4.79 Å². The van der Waals surface area contributed by atoms with Crippen LogP contribution in [0.5, 0.6) is 0 Å². The predicted molar refractivity (Wildman–Crippen MR) is 89.3 cm³/mol. The molecule has 4 heteroatoms. The average molecular weight is 293 g/mol. The molecule has 112 valence electrons. The Kier molecular flexibility index (Phi) is 3.67. The molecule has 0 radical (unpaired) electrons. The molecule has 0 unspecified atom stereocenters. The predicted octanol–water partition coefficient (Wildman–Crippen LogP) is 3.93. The standard InChI is InChI=1S/C18H19N3O/c1-4-21-16-8-6-5-7-15(16)19-18(21)20-17(22)14-10-12(2)9-13(3)11-14/h5-11H,4H2,1-3H3,(H,19,20,22). The number of hydrogen-bond donors (Lipinski definition) is 1. The van der Waals surface area contributed by atoms with E-state index in [1.807, 2.05) is 61.7 Å². The molecular formula is C18H19N3O. The van der Waals surface area contributed by atoms with Crippen molar-refractivity contribution in [2.45, 2.75) is 27.3 Å². The van der Waals surface area contributed by atoms with Crippen LogP contribution in [0.3, 0.4) is 0 Å². The molecule has 0 spiro atoms. The fourth-order valence-corrected chi connectivity index (χ4v) is 2.77. The normalized spacial score (nSPS) is 10.9. The first-order valence-electron chi connectivity index (χ1n) is 7.43. The monoisotopic (exact) mass is 293 g/mol. The summed E-state index contributed by atoms with van der Waals surface area (Å²) in [7, 11) is 0. The van der Waals surface area contributed by atoms with Crippen molar-refractivity contribution in [2.75, 3.05) is 5.32 Å². The van der Waals surface area contributed by atoms with E-state index in [4.69, 9.17) is 0 Å². The largest absolute Gasteiger partial charge is 0.310 e. The van der Waals surface area contributed by atoms with Crippen LogP contribution in [-0.2, 0) is 6.54 Å². The highest BCUT2D eigenvalue weighted by Gasteiger charge is 2.13. The molecule has 1 aromatic heterocycles. The molecule has 0 saturated heterocycles. The van der Waals surface area contributed by atoms with Crippen molar-refractivity contribution in [1.82, 2.24) is 9.55 Å². The van der Waals surface area contributed by atoms with Gasteiger partial charge < -0.3 is 4.57 Å². The third-order valence-electron chi connectivity index (χ3n) is 3.68. The molecule has 0 aliphatic carbocycles. The smallest absolute Gasteiger partial charge is 0.257 e. The summed E-state index contributed by atoms with van der Waals surface area (Å²) in [5.41, 5.74) is 4.73. The minimum atomic E-state index is -0.128. The second-order valence-corrected chi connectivity index (χ2v) is 5.50. The van der Waals surface area contributed by atoms with E-state index in [-0.39, 0.29) is 5.91 Å². The molecule has 0 atom stereocenters. The Morgan fingerprint density at radius 1 is 1.14 bits per heavy atom. The number of anilines is 1. The van der Waals surface area contributed by atoms with E-state index >= 15 is 0 Å². The minimum absolute atomic E-state index is 0.128. The van der Waals surface area contributed by atoms with E-state index < -0.39 is 0 Å². The van der Waals surface area contributed by atoms with Crippen LogP contribution in [0.4, 0.5) is 5.95 Å². The van der Waals surface area contributed by atoms with Crippen LogP contribution < -0.4 is 5.32 Å². The second-order valence-electron chi connectivity index (χ2n) is 5.50. The van der Waals surface area contributed by atoms with Gasteiger partial charge in [0, 0.05) is 12.1 Å². The fourth-order valence-electron chi connectivity index (χ4n) is 2.77. The number of carbonyl (C=O) groups excluding carboxylic acids is 1. The van der Waals surface area contributed by atoms with Gasteiger partial charge in [-0.25, -0.2) is 4.98 Å². The molecular weight excluding hydrogens is 274 g/mol. The van der Waals surface area contributed by atoms with Crippen LogP contribution in [0, 0.1) is 13.8 Å². The highest BCUT2D eigenvalue weighted by Crippen LogP contribution is 2.20. The number of aromatic nitrogens is 2. The molecule has 3 rings (SSSR count). The number of amides is 1. The van der Waals surface area contributed by atoms with Gasteiger partial charge in [0.15, 0.2) is 0 Å². The third-order valence-corrected chi connectivity index (χ3v) is 3.68. The van der Waals surface area contributed by atoms with Crippen LogP contribution in [0.25, 0.3) is 11.0 Å². The van der Waals surface area contributed by atoms with Crippen molar-refractivity contribution in [3.8, 4) is 0 Å². The number of carbonyl (C=O) groups is 1. The Labute approximate surface area is 129 Å². The van der Waals surface area contributed by atoms with Crippen molar-refractivity contribution in [3.63, 3.8) is 0 Å². The molecule has 0 bridgehead atoms. The second kappa shape index (κ2) is 5.64. The molecule has 3 aromatic rings. The first-order valence-corrected chi connectivity index (χ1v) is 7.43. The van der Waals surface area contributed by atoms with Gasteiger partial charge in [-0.3, -0.25) is 10.1 Å². The first-order chi connectivity index (χ1) is 10.6. The van der Waals surface area contributed by atoms with Crippen LogP contribution in [0.2, 0.25) is 0 Å². The Hall–Kier alpha value is -2.62. The quantitative estimate of drug-likeness (QED) is 0.795. The summed E-state index contributed by atoms with van der Waals surface area (Å²) in [6.07, 6.45) is 0. The van der Waals surface area contributed by atoms with Crippen molar-refractivity contribution in [2.24, 2.45) is 0 Å². The summed E-state index contributed by atoms with van der Waals surface area (Å²) < 4.78 is 2.01. The molecule has 4 nitrogen and oxygen atoms in total. The van der Waals surface area contributed by atoms with Gasteiger partial charge in [0.25, 0.3) is 5.91 Å². The van der Waals surface area contributed by atoms with Gasteiger partial charge in [0.1, 0.15) is 0 Å². The molecule has 0 fully saturated rings. The number of para-hydroxylation sites is 2. The number of rotatable bonds is 3. The van der Waals surface area contributed by atoms with Crippen molar-refractivity contribution in [3.05, 3.63) is 59.2 Å². The van der Waals surface area contributed by atoms with Crippen molar-refractivity contribution >= 4 is 22.9 Å². The van der Waals surface area contributed by atoms with Crippen molar-refractivity contribution < 1.29 is 4.79 Å². The first kappa shape index (κ1) is 14.3. The third kappa shape index (κ3) is 2.60. The zero-order valence-corrected chi connectivity index (χ0v) is 13.1. The molecule has 0 aliphatic heterocycles. The molecule has 0 saturated carbocycles. The van der Waals surface area contributed by atoms with Crippen LogP contribution in [-0.4, -0.2) is 15.5 Å². The molecule has 1 amide bonds. The molecule has 0 aliphatic rings. The van der Waals surface area contributed by atoms with Gasteiger partial charge in [-0.15, -0.1) is 0 Å². The van der Waals surface area contributed by atoms with Crippen LogP contribution in [0.15, 0.2) is 42.5 Å². The number of imidazole rings is 1. The lowest BCUT2D eigenvalue weighted by atomic mass is 10.1. The maximum Gasteiger partial charge on any atom is 0.257 e. The van der Waals surface area contributed by atoms with Gasteiger partial charge >= 0.3 is 0 Å². The number of hydrogen-bond acceptors (Lipinski definition) is 2. The average Bonchev–Trinajstić information content (AvgIpc) is 2.83. The van der Waals surface area contributed by atoms with Gasteiger partial charge in [-0.1, -0.05) is 29.3 Å². The van der Waals surface area contributed by atoms with E-state index in [1.165, 1.54) is 0 Å².